The van der Waals surface area contributed by atoms with Gasteiger partial charge in [-0.2, -0.15) is 0 Å². The molecular formula is C17H19FO. The van der Waals surface area contributed by atoms with Gasteiger partial charge in [-0.3, -0.25) is 0 Å². The van der Waals surface area contributed by atoms with Gasteiger partial charge in [-0.15, -0.1) is 0 Å². The van der Waals surface area contributed by atoms with Gasteiger partial charge < -0.3 is 5.11 Å². The molecule has 0 aliphatic carbocycles. The molecule has 0 spiro atoms. The fourth-order valence-corrected chi connectivity index (χ4v) is 2.37. The Kier molecular flexibility index (Phi) is 4.01. The van der Waals surface area contributed by atoms with Gasteiger partial charge in [0.25, 0.3) is 0 Å². The molecule has 0 amide bonds. The van der Waals surface area contributed by atoms with Crippen LogP contribution >= 0.6 is 0 Å². The van der Waals surface area contributed by atoms with E-state index >= 15 is 0 Å². The molecule has 0 aromatic heterocycles. The van der Waals surface area contributed by atoms with Crippen LogP contribution in [0.5, 0.6) is 0 Å². The first-order valence-corrected chi connectivity index (χ1v) is 6.48. The lowest BCUT2D eigenvalue weighted by molar-refractivity contribution is 0.0606. The predicted molar refractivity (Wildman–Crippen MR) is 75.6 cm³/mol. The minimum atomic E-state index is -0.875. The zero-order chi connectivity index (χ0) is 13.9. The van der Waals surface area contributed by atoms with Crippen molar-refractivity contribution in [2.75, 3.05) is 0 Å². The SMILES string of the molecule is Cc1ccccc1CC(C)(O)Cc1cccc(F)c1. The van der Waals surface area contributed by atoms with E-state index in [-0.39, 0.29) is 5.82 Å². The molecule has 0 fully saturated rings. The van der Waals surface area contributed by atoms with E-state index in [1.54, 1.807) is 13.0 Å². The van der Waals surface area contributed by atoms with Crippen LogP contribution in [-0.4, -0.2) is 10.7 Å². The summed E-state index contributed by atoms with van der Waals surface area (Å²) in [6.45, 7) is 3.83. The number of aryl methyl sites for hydroxylation is 1. The molecule has 0 aliphatic rings. The highest BCUT2D eigenvalue weighted by molar-refractivity contribution is 5.28. The van der Waals surface area contributed by atoms with E-state index in [0.29, 0.717) is 12.8 Å². The van der Waals surface area contributed by atoms with Crippen LogP contribution in [0.3, 0.4) is 0 Å². The molecule has 19 heavy (non-hydrogen) atoms. The van der Waals surface area contributed by atoms with Crippen molar-refractivity contribution in [2.45, 2.75) is 32.3 Å². The van der Waals surface area contributed by atoms with Gasteiger partial charge in [-0.1, -0.05) is 36.4 Å². The third-order valence-electron chi connectivity index (χ3n) is 3.31. The molecule has 2 aromatic rings. The molecule has 1 atom stereocenters. The Morgan fingerprint density at radius 3 is 2.47 bits per heavy atom. The van der Waals surface area contributed by atoms with Crippen LogP contribution in [0.15, 0.2) is 48.5 Å². The molecule has 0 heterocycles. The highest BCUT2D eigenvalue weighted by Gasteiger charge is 2.22. The van der Waals surface area contributed by atoms with Crippen molar-refractivity contribution < 1.29 is 9.50 Å². The van der Waals surface area contributed by atoms with Crippen molar-refractivity contribution in [2.24, 2.45) is 0 Å². The molecule has 2 rings (SSSR count). The van der Waals surface area contributed by atoms with Crippen molar-refractivity contribution in [3.8, 4) is 0 Å². The highest BCUT2D eigenvalue weighted by Crippen LogP contribution is 2.21. The minimum absolute atomic E-state index is 0.260. The number of aliphatic hydroxyl groups is 1. The first-order valence-electron chi connectivity index (χ1n) is 6.48. The van der Waals surface area contributed by atoms with Gasteiger partial charge >= 0.3 is 0 Å². The lowest BCUT2D eigenvalue weighted by Crippen LogP contribution is -2.30. The van der Waals surface area contributed by atoms with Crippen LogP contribution in [0.2, 0.25) is 0 Å². The van der Waals surface area contributed by atoms with Gasteiger partial charge in [0.05, 0.1) is 5.60 Å². The first-order chi connectivity index (χ1) is 8.96. The second kappa shape index (κ2) is 5.54. The summed E-state index contributed by atoms with van der Waals surface area (Å²) in [6.07, 6.45) is 1.01. The summed E-state index contributed by atoms with van der Waals surface area (Å²) < 4.78 is 13.2. The fourth-order valence-electron chi connectivity index (χ4n) is 2.37. The molecule has 0 bridgehead atoms. The molecule has 2 heteroatoms. The smallest absolute Gasteiger partial charge is 0.123 e. The van der Waals surface area contributed by atoms with Crippen molar-refractivity contribution in [3.63, 3.8) is 0 Å². The number of rotatable bonds is 4. The van der Waals surface area contributed by atoms with Crippen molar-refractivity contribution in [1.29, 1.82) is 0 Å². The van der Waals surface area contributed by atoms with Gasteiger partial charge in [0.1, 0.15) is 5.82 Å². The molecule has 0 saturated heterocycles. The van der Waals surface area contributed by atoms with Crippen LogP contribution in [0.1, 0.15) is 23.6 Å². The summed E-state index contributed by atoms with van der Waals surface area (Å²) in [5.41, 5.74) is 2.24. The third-order valence-corrected chi connectivity index (χ3v) is 3.31. The number of hydrogen-bond acceptors (Lipinski definition) is 1. The van der Waals surface area contributed by atoms with Gasteiger partial charge in [0.15, 0.2) is 0 Å². The summed E-state index contributed by atoms with van der Waals surface area (Å²) in [7, 11) is 0. The third kappa shape index (κ3) is 3.90. The molecule has 1 N–H and O–H groups in total. The van der Waals surface area contributed by atoms with Gasteiger partial charge in [0.2, 0.25) is 0 Å². The molecule has 1 unspecified atom stereocenters. The van der Waals surface area contributed by atoms with Crippen LogP contribution in [0.25, 0.3) is 0 Å². The maximum atomic E-state index is 13.2. The number of hydrogen-bond donors (Lipinski definition) is 1. The van der Waals surface area contributed by atoms with Crippen LogP contribution < -0.4 is 0 Å². The van der Waals surface area contributed by atoms with E-state index in [2.05, 4.69) is 0 Å². The Balaban J connectivity index is 2.13. The number of benzene rings is 2. The topological polar surface area (TPSA) is 20.2 Å². The summed E-state index contributed by atoms with van der Waals surface area (Å²) in [5, 5.41) is 10.5. The van der Waals surface area contributed by atoms with Crippen molar-refractivity contribution >= 4 is 0 Å². The van der Waals surface area contributed by atoms with Crippen LogP contribution in [0, 0.1) is 12.7 Å². The van der Waals surface area contributed by atoms with Crippen LogP contribution in [-0.2, 0) is 12.8 Å². The van der Waals surface area contributed by atoms with Gasteiger partial charge in [-0.05, 0) is 42.7 Å². The Morgan fingerprint density at radius 2 is 1.79 bits per heavy atom. The van der Waals surface area contributed by atoms with Crippen molar-refractivity contribution in [1.82, 2.24) is 0 Å². The monoisotopic (exact) mass is 258 g/mol. The highest BCUT2D eigenvalue weighted by atomic mass is 19.1. The molecule has 0 aliphatic heterocycles. The van der Waals surface area contributed by atoms with E-state index in [0.717, 1.165) is 11.1 Å². The summed E-state index contributed by atoms with van der Waals surface area (Å²) >= 11 is 0. The van der Waals surface area contributed by atoms with E-state index < -0.39 is 5.60 Å². The lowest BCUT2D eigenvalue weighted by atomic mass is 9.88. The Labute approximate surface area is 113 Å². The second-order valence-electron chi connectivity index (χ2n) is 5.41. The summed E-state index contributed by atoms with van der Waals surface area (Å²) in [4.78, 5) is 0. The van der Waals surface area contributed by atoms with Gasteiger partial charge in [-0.25, -0.2) is 4.39 Å². The summed E-state index contributed by atoms with van der Waals surface area (Å²) in [5.74, 6) is -0.260. The maximum Gasteiger partial charge on any atom is 0.123 e. The number of halogens is 1. The molecule has 2 aromatic carbocycles. The molecule has 0 radical (unpaired) electrons. The zero-order valence-corrected chi connectivity index (χ0v) is 11.4. The average Bonchev–Trinajstić information content (AvgIpc) is 2.31. The standard InChI is InChI=1S/C17H19FO/c1-13-6-3-4-8-15(13)12-17(2,19)11-14-7-5-9-16(18)10-14/h3-10,19H,11-12H2,1-2H3. The quantitative estimate of drug-likeness (QED) is 0.887. The predicted octanol–water partition coefficient (Wildman–Crippen LogP) is 3.67. The molecule has 100 valence electrons. The lowest BCUT2D eigenvalue weighted by Gasteiger charge is -2.24. The second-order valence-corrected chi connectivity index (χ2v) is 5.41. The van der Waals surface area contributed by atoms with E-state index in [1.807, 2.05) is 37.3 Å². The van der Waals surface area contributed by atoms with E-state index in [4.69, 9.17) is 0 Å². The Bertz CT molecular complexity index is 561. The Hall–Kier alpha value is -1.67. The minimum Gasteiger partial charge on any atom is -0.389 e. The first kappa shape index (κ1) is 13.8. The van der Waals surface area contributed by atoms with Gasteiger partial charge in [0, 0.05) is 12.8 Å². The fraction of sp³-hybridized carbons (Fsp3) is 0.294. The molecular weight excluding hydrogens is 239 g/mol. The normalized spacial score (nSPS) is 14.1. The largest absolute Gasteiger partial charge is 0.389 e. The molecule has 0 saturated carbocycles. The Morgan fingerprint density at radius 1 is 1.05 bits per heavy atom. The van der Waals surface area contributed by atoms with E-state index in [9.17, 15) is 9.50 Å². The maximum absolute atomic E-state index is 13.2. The summed E-state index contributed by atoms with van der Waals surface area (Å²) in [6, 6.07) is 14.4. The van der Waals surface area contributed by atoms with Crippen LogP contribution in [0.4, 0.5) is 4.39 Å². The average molecular weight is 258 g/mol. The van der Waals surface area contributed by atoms with E-state index in [1.165, 1.54) is 17.7 Å². The van der Waals surface area contributed by atoms with Crippen molar-refractivity contribution in [3.05, 3.63) is 71.0 Å². The molecule has 1 nitrogen and oxygen atoms in total. The zero-order valence-electron chi connectivity index (χ0n) is 11.4.